The average Bonchev–Trinajstić information content (AvgIpc) is 2.73. The Bertz CT molecular complexity index is 913. The summed E-state index contributed by atoms with van der Waals surface area (Å²) >= 11 is 1.43. The topological polar surface area (TPSA) is 82.1 Å². The van der Waals surface area contributed by atoms with Gasteiger partial charge in [0.1, 0.15) is 6.54 Å². The molecular formula is C20H19NO6S. The summed E-state index contributed by atoms with van der Waals surface area (Å²) in [5.41, 5.74) is 1.01. The monoisotopic (exact) mass is 401 g/mol. The van der Waals surface area contributed by atoms with Crippen molar-refractivity contribution in [3.05, 3.63) is 48.0 Å². The fourth-order valence-electron chi connectivity index (χ4n) is 2.74. The number of fused-ring (bicyclic) bond motifs is 1. The molecule has 8 heteroatoms. The number of rotatable bonds is 7. The van der Waals surface area contributed by atoms with Crippen LogP contribution in [0.5, 0.6) is 11.5 Å². The summed E-state index contributed by atoms with van der Waals surface area (Å²) in [5, 5.41) is 0. The van der Waals surface area contributed by atoms with Gasteiger partial charge in [-0.25, -0.2) is 0 Å². The quantitative estimate of drug-likeness (QED) is 0.521. The summed E-state index contributed by atoms with van der Waals surface area (Å²) in [7, 11) is 2.97. The molecular weight excluding hydrogens is 382 g/mol. The molecule has 0 spiro atoms. The highest BCUT2D eigenvalue weighted by Crippen LogP contribution is 2.34. The molecule has 0 atom stereocenters. The highest BCUT2D eigenvalue weighted by atomic mass is 32.2. The number of esters is 1. The number of benzene rings is 2. The lowest BCUT2D eigenvalue weighted by Crippen LogP contribution is -2.40. The molecule has 1 aliphatic rings. The van der Waals surface area contributed by atoms with E-state index in [0.29, 0.717) is 22.7 Å². The number of ketones is 1. The Morgan fingerprint density at radius 1 is 1.07 bits per heavy atom. The van der Waals surface area contributed by atoms with Crippen LogP contribution in [0, 0.1) is 0 Å². The van der Waals surface area contributed by atoms with Gasteiger partial charge in [-0.15, -0.1) is 11.8 Å². The molecule has 0 aliphatic carbocycles. The van der Waals surface area contributed by atoms with Gasteiger partial charge in [0, 0.05) is 10.5 Å². The summed E-state index contributed by atoms with van der Waals surface area (Å²) in [4.78, 5) is 39.0. The van der Waals surface area contributed by atoms with Crippen molar-refractivity contribution < 1.29 is 28.6 Å². The molecule has 0 fully saturated rings. The third kappa shape index (κ3) is 4.28. The first-order valence-electron chi connectivity index (χ1n) is 8.46. The largest absolute Gasteiger partial charge is 0.493 e. The van der Waals surface area contributed by atoms with E-state index < -0.39 is 12.6 Å². The molecule has 0 unspecified atom stereocenters. The molecule has 1 heterocycles. The van der Waals surface area contributed by atoms with Crippen molar-refractivity contribution in [3.8, 4) is 11.5 Å². The van der Waals surface area contributed by atoms with Crippen LogP contribution in [0.2, 0.25) is 0 Å². The summed E-state index contributed by atoms with van der Waals surface area (Å²) in [5.74, 6) is -0.0376. The molecule has 3 rings (SSSR count). The third-order valence-electron chi connectivity index (χ3n) is 4.17. The Morgan fingerprint density at radius 2 is 1.82 bits per heavy atom. The van der Waals surface area contributed by atoms with E-state index in [1.165, 1.54) is 36.9 Å². The molecule has 2 aromatic rings. The van der Waals surface area contributed by atoms with E-state index in [1.54, 1.807) is 24.3 Å². The van der Waals surface area contributed by atoms with Crippen LogP contribution >= 0.6 is 11.8 Å². The fourth-order valence-corrected chi connectivity index (χ4v) is 3.68. The highest BCUT2D eigenvalue weighted by molar-refractivity contribution is 8.00. The Kier molecular flexibility index (Phi) is 6.20. The molecule has 28 heavy (non-hydrogen) atoms. The van der Waals surface area contributed by atoms with Crippen LogP contribution in [0.3, 0.4) is 0 Å². The second-order valence-corrected chi connectivity index (χ2v) is 6.91. The van der Waals surface area contributed by atoms with Gasteiger partial charge in [-0.1, -0.05) is 12.1 Å². The van der Waals surface area contributed by atoms with Gasteiger partial charge in [-0.3, -0.25) is 19.3 Å². The van der Waals surface area contributed by atoms with Gasteiger partial charge in [-0.05, 0) is 30.3 Å². The summed E-state index contributed by atoms with van der Waals surface area (Å²) in [6, 6.07) is 12.0. The number of hydrogen-bond donors (Lipinski definition) is 0. The number of anilines is 1. The second kappa shape index (κ2) is 8.79. The van der Waals surface area contributed by atoms with E-state index in [9.17, 15) is 14.4 Å². The number of para-hydroxylation sites is 1. The number of methoxy groups -OCH3 is 2. The second-order valence-electron chi connectivity index (χ2n) is 5.89. The van der Waals surface area contributed by atoms with E-state index in [-0.39, 0.29) is 24.0 Å². The number of Topliss-reactive ketones (excluding diaryl/α,β-unsaturated/α-hetero) is 1. The van der Waals surface area contributed by atoms with Crippen molar-refractivity contribution in [2.75, 3.05) is 38.0 Å². The van der Waals surface area contributed by atoms with Crippen molar-refractivity contribution >= 4 is 35.1 Å². The van der Waals surface area contributed by atoms with Gasteiger partial charge >= 0.3 is 5.97 Å². The minimum absolute atomic E-state index is 0.174. The zero-order valence-corrected chi connectivity index (χ0v) is 16.3. The fraction of sp³-hybridized carbons (Fsp3) is 0.250. The lowest BCUT2D eigenvalue weighted by molar-refractivity contribution is -0.141. The Morgan fingerprint density at radius 3 is 2.57 bits per heavy atom. The number of nitrogens with zero attached hydrogens (tertiary/aromatic N) is 1. The molecule has 1 amide bonds. The number of carbonyl (C=O) groups is 3. The molecule has 0 saturated carbocycles. The van der Waals surface area contributed by atoms with Crippen molar-refractivity contribution in [2.45, 2.75) is 4.90 Å². The number of amides is 1. The Labute approximate surface area is 166 Å². The van der Waals surface area contributed by atoms with Crippen LogP contribution in [0.15, 0.2) is 47.4 Å². The molecule has 0 radical (unpaired) electrons. The summed E-state index contributed by atoms with van der Waals surface area (Å²) in [6.45, 7) is -0.664. The lowest BCUT2D eigenvalue weighted by Gasteiger charge is -2.27. The van der Waals surface area contributed by atoms with E-state index >= 15 is 0 Å². The van der Waals surface area contributed by atoms with E-state index in [1.807, 2.05) is 12.1 Å². The molecule has 1 aliphatic heterocycles. The molecule has 146 valence electrons. The van der Waals surface area contributed by atoms with Gasteiger partial charge in [-0.2, -0.15) is 0 Å². The standard InChI is InChI=1S/C20H19NO6S/c1-25-16-8-7-13(9-17(16)26-2)15(22)11-27-20(24)10-21-14-5-3-4-6-18(14)28-12-19(21)23/h3-9H,10-12H2,1-2H3. The SMILES string of the molecule is COc1ccc(C(=O)COC(=O)CN2C(=O)CSc3ccccc32)cc1OC. The highest BCUT2D eigenvalue weighted by Gasteiger charge is 2.27. The molecule has 7 nitrogen and oxygen atoms in total. The Hall–Kier alpha value is -3.00. The molecule has 0 bridgehead atoms. The van der Waals surface area contributed by atoms with Crippen molar-refractivity contribution in [1.29, 1.82) is 0 Å². The van der Waals surface area contributed by atoms with Gasteiger partial charge in [0.15, 0.2) is 23.9 Å². The number of hydrogen-bond acceptors (Lipinski definition) is 7. The first-order valence-corrected chi connectivity index (χ1v) is 9.45. The van der Waals surface area contributed by atoms with Crippen molar-refractivity contribution in [2.24, 2.45) is 0 Å². The predicted molar refractivity (Wildman–Crippen MR) is 104 cm³/mol. The van der Waals surface area contributed by atoms with Gasteiger partial charge in [0.05, 0.1) is 25.7 Å². The number of thioether (sulfide) groups is 1. The van der Waals surface area contributed by atoms with Crippen LogP contribution in [0.25, 0.3) is 0 Å². The third-order valence-corrected chi connectivity index (χ3v) is 5.21. The summed E-state index contributed by atoms with van der Waals surface area (Å²) in [6.07, 6.45) is 0. The maximum Gasteiger partial charge on any atom is 0.326 e. The lowest BCUT2D eigenvalue weighted by atomic mass is 10.1. The molecule has 0 aromatic heterocycles. The van der Waals surface area contributed by atoms with Gasteiger partial charge in [0.2, 0.25) is 5.91 Å². The zero-order valence-electron chi connectivity index (χ0n) is 15.5. The summed E-state index contributed by atoms with van der Waals surface area (Å²) < 4.78 is 15.4. The maximum atomic E-state index is 12.3. The van der Waals surface area contributed by atoms with E-state index in [0.717, 1.165) is 4.90 Å². The minimum atomic E-state index is -0.649. The van der Waals surface area contributed by atoms with Crippen LogP contribution in [0.1, 0.15) is 10.4 Å². The van der Waals surface area contributed by atoms with Crippen LogP contribution in [-0.4, -0.2) is 50.8 Å². The zero-order chi connectivity index (χ0) is 20.1. The van der Waals surface area contributed by atoms with Crippen LogP contribution < -0.4 is 14.4 Å². The molecule has 0 saturated heterocycles. The number of ether oxygens (including phenoxy) is 3. The number of carbonyl (C=O) groups excluding carboxylic acids is 3. The van der Waals surface area contributed by atoms with Gasteiger partial charge < -0.3 is 14.2 Å². The van der Waals surface area contributed by atoms with Crippen molar-refractivity contribution in [1.82, 2.24) is 0 Å². The van der Waals surface area contributed by atoms with Crippen LogP contribution in [-0.2, 0) is 14.3 Å². The maximum absolute atomic E-state index is 12.3. The van der Waals surface area contributed by atoms with Crippen molar-refractivity contribution in [3.63, 3.8) is 0 Å². The smallest absolute Gasteiger partial charge is 0.326 e. The van der Waals surface area contributed by atoms with Gasteiger partial charge in [0.25, 0.3) is 0 Å². The first-order chi connectivity index (χ1) is 13.5. The predicted octanol–water partition coefficient (Wildman–Crippen LogP) is 2.57. The molecule has 2 aromatic carbocycles. The minimum Gasteiger partial charge on any atom is -0.493 e. The molecule has 0 N–H and O–H groups in total. The first kappa shape index (κ1) is 19.8. The normalized spacial score (nSPS) is 12.9. The van der Waals surface area contributed by atoms with E-state index in [2.05, 4.69) is 0 Å². The Balaban J connectivity index is 1.62. The average molecular weight is 401 g/mol. The van der Waals surface area contributed by atoms with Crippen LogP contribution in [0.4, 0.5) is 5.69 Å². The van der Waals surface area contributed by atoms with E-state index in [4.69, 9.17) is 14.2 Å².